The average Bonchev–Trinajstić information content (AvgIpc) is 2.97. The first-order chi connectivity index (χ1) is 13.0. The SMILES string of the molecule is Cc1noc(C)c1CCC(=O)NC(c1ccccc1)c1ccc(Br)cc1F. The minimum Gasteiger partial charge on any atom is -0.361 e. The predicted molar refractivity (Wildman–Crippen MR) is 105 cm³/mol. The second kappa shape index (κ2) is 8.48. The standard InChI is InChI=1S/C21H20BrFN2O2/c1-13-17(14(2)27-25-13)10-11-20(26)24-21(15-6-4-3-5-7-15)18-9-8-16(22)12-19(18)23/h3-9,12,21H,10-11H2,1-2H3,(H,24,26). The van der Waals surface area contributed by atoms with Gasteiger partial charge in [-0.25, -0.2) is 4.39 Å². The Hall–Kier alpha value is -2.47. The maximum absolute atomic E-state index is 14.5. The summed E-state index contributed by atoms with van der Waals surface area (Å²) in [5, 5.41) is 6.88. The van der Waals surface area contributed by atoms with E-state index in [1.54, 1.807) is 12.1 Å². The van der Waals surface area contributed by atoms with Crippen LogP contribution in [-0.4, -0.2) is 11.1 Å². The fraction of sp³-hybridized carbons (Fsp3) is 0.238. The van der Waals surface area contributed by atoms with Gasteiger partial charge in [0.25, 0.3) is 0 Å². The van der Waals surface area contributed by atoms with Crippen molar-refractivity contribution in [3.05, 3.63) is 87.0 Å². The van der Waals surface area contributed by atoms with E-state index in [0.717, 1.165) is 22.6 Å². The highest BCUT2D eigenvalue weighted by atomic mass is 79.9. The van der Waals surface area contributed by atoms with E-state index in [4.69, 9.17) is 4.52 Å². The van der Waals surface area contributed by atoms with Gasteiger partial charge < -0.3 is 9.84 Å². The molecule has 0 aliphatic rings. The molecule has 1 unspecified atom stereocenters. The molecular weight excluding hydrogens is 411 g/mol. The van der Waals surface area contributed by atoms with Gasteiger partial charge >= 0.3 is 0 Å². The molecule has 1 amide bonds. The van der Waals surface area contributed by atoms with Crippen molar-refractivity contribution in [1.82, 2.24) is 10.5 Å². The molecule has 0 aliphatic carbocycles. The number of benzene rings is 2. The molecule has 0 saturated heterocycles. The molecular formula is C21H20BrFN2O2. The Balaban J connectivity index is 1.80. The fourth-order valence-electron chi connectivity index (χ4n) is 3.05. The molecule has 0 fully saturated rings. The van der Waals surface area contributed by atoms with Crippen molar-refractivity contribution in [2.45, 2.75) is 32.7 Å². The molecule has 2 aromatic carbocycles. The van der Waals surface area contributed by atoms with Crippen molar-refractivity contribution < 1.29 is 13.7 Å². The lowest BCUT2D eigenvalue weighted by molar-refractivity contribution is -0.121. The monoisotopic (exact) mass is 430 g/mol. The highest BCUT2D eigenvalue weighted by Gasteiger charge is 2.21. The minimum absolute atomic E-state index is 0.161. The van der Waals surface area contributed by atoms with Crippen molar-refractivity contribution in [3.63, 3.8) is 0 Å². The number of carbonyl (C=O) groups excluding carboxylic acids is 1. The molecule has 0 bridgehead atoms. The van der Waals surface area contributed by atoms with Crippen LogP contribution in [0.25, 0.3) is 0 Å². The largest absolute Gasteiger partial charge is 0.361 e. The normalized spacial score (nSPS) is 12.0. The fourth-order valence-corrected chi connectivity index (χ4v) is 3.39. The third-order valence-corrected chi connectivity index (χ3v) is 4.99. The van der Waals surface area contributed by atoms with Crippen LogP contribution >= 0.6 is 15.9 Å². The Kier molecular flexibility index (Phi) is 6.06. The van der Waals surface area contributed by atoms with E-state index >= 15 is 0 Å². The number of hydrogen-bond donors (Lipinski definition) is 1. The van der Waals surface area contributed by atoms with Gasteiger partial charge in [-0.3, -0.25) is 4.79 Å². The average molecular weight is 431 g/mol. The van der Waals surface area contributed by atoms with E-state index in [1.807, 2.05) is 44.2 Å². The van der Waals surface area contributed by atoms with Gasteiger partial charge in [-0.05, 0) is 38.0 Å². The molecule has 4 nitrogen and oxygen atoms in total. The van der Waals surface area contributed by atoms with Crippen LogP contribution in [0.3, 0.4) is 0 Å². The zero-order valence-electron chi connectivity index (χ0n) is 15.1. The van der Waals surface area contributed by atoms with Crippen LogP contribution in [0, 0.1) is 19.7 Å². The van der Waals surface area contributed by atoms with E-state index < -0.39 is 6.04 Å². The first-order valence-electron chi connectivity index (χ1n) is 8.66. The van der Waals surface area contributed by atoms with E-state index in [9.17, 15) is 9.18 Å². The van der Waals surface area contributed by atoms with Crippen LogP contribution in [-0.2, 0) is 11.2 Å². The van der Waals surface area contributed by atoms with Crippen LogP contribution in [0.4, 0.5) is 4.39 Å². The number of aromatic nitrogens is 1. The molecule has 1 heterocycles. The van der Waals surface area contributed by atoms with Gasteiger partial charge in [0, 0.05) is 22.0 Å². The third-order valence-electron chi connectivity index (χ3n) is 4.50. The Labute approximate surface area is 165 Å². The van der Waals surface area contributed by atoms with Crippen LogP contribution in [0.5, 0.6) is 0 Å². The predicted octanol–water partition coefficient (Wildman–Crippen LogP) is 5.03. The van der Waals surface area contributed by atoms with Crippen LogP contribution in [0.2, 0.25) is 0 Å². The molecule has 3 aromatic rings. The van der Waals surface area contributed by atoms with Crippen molar-refractivity contribution in [2.75, 3.05) is 0 Å². The lowest BCUT2D eigenvalue weighted by Gasteiger charge is -2.20. The summed E-state index contributed by atoms with van der Waals surface area (Å²) in [6.07, 6.45) is 0.793. The van der Waals surface area contributed by atoms with Crippen LogP contribution in [0.15, 0.2) is 57.5 Å². The second-order valence-electron chi connectivity index (χ2n) is 6.38. The third kappa shape index (κ3) is 4.63. The highest BCUT2D eigenvalue weighted by molar-refractivity contribution is 9.10. The van der Waals surface area contributed by atoms with Crippen LogP contribution in [0.1, 0.15) is 40.6 Å². The van der Waals surface area contributed by atoms with Crippen LogP contribution < -0.4 is 5.32 Å². The van der Waals surface area contributed by atoms with Gasteiger partial charge in [0.05, 0.1) is 11.7 Å². The minimum atomic E-state index is -0.559. The Bertz CT molecular complexity index is 921. The number of nitrogens with zero attached hydrogens (tertiary/aromatic N) is 1. The number of halogens is 2. The smallest absolute Gasteiger partial charge is 0.221 e. The Morgan fingerprint density at radius 2 is 1.96 bits per heavy atom. The Morgan fingerprint density at radius 3 is 2.59 bits per heavy atom. The number of hydrogen-bond acceptors (Lipinski definition) is 3. The maximum atomic E-state index is 14.5. The molecule has 6 heteroatoms. The molecule has 27 heavy (non-hydrogen) atoms. The zero-order valence-corrected chi connectivity index (χ0v) is 16.7. The van der Waals surface area contributed by atoms with E-state index in [0.29, 0.717) is 16.5 Å². The topological polar surface area (TPSA) is 55.1 Å². The van der Waals surface area contributed by atoms with E-state index in [-0.39, 0.29) is 18.1 Å². The second-order valence-corrected chi connectivity index (χ2v) is 7.30. The molecule has 1 atom stereocenters. The van der Waals surface area contributed by atoms with Crippen molar-refractivity contribution >= 4 is 21.8 Å². The van der Waals surface area contributed by atoms with Gasteiger partial charge in [0.2, 0.25) is 5.91 Å². The highest BCUT2D eigenvalue weighted by Crippen LogP contribution is 2.27. The summed E-state index contributed by atoms with van der Waals surface area (Å²) in [5.74, 6) is 0.189. The summed E-state index contributed by atoms with van der Waals surface area (Å²) in [6, 6.07) is 13.7. The molecule has 1 aromatic heterocycles. The van der Waals surface area contributed by atoms with Gasteiger partial charge in [0.15, 0.2) is 0 Å². The molecule has 0 radical (unpaired) electrons. The summed E-state index contributed by atoms with van der Waals surface area (Å²) in [6.45, 7) is 3.69. The van der Waals surface area contributed by atoms with Gasteiger partial charge in [0.1, 0.15) is 11.6 Å². The lowest BCUT2D eigenvalue weighted by Crippen LogP contribution is -2.30. The number of aryl methyl sites for hydroxylation is 2. The summed E-state index contributed by atoms with van der Waals surface area (Å²) >= 11 is 3.27. The number of carbonyl (C=O) groups is 1. The molecule has 3 rings (SSSR count). The summed E-state index contributed by atoms with van der Waals surface area (Å²) in [5.41, 5.74) is 2.98. The molecule has 0 spiro atoms. The molecule has 0 aliphatic heterocycles. The van der Waals surface area contributed by atoms with Gasteiger partial charge in [-0.2, -0.15) is 0 Å². The van der Waals surface area contributed by atoms with E-state index in [2.05, 4.69) is 26.4 Å². The van der Waals surface area contributed by atoms with Crippen molar-refractivity contribution in [1.29, 1.82) is 0 Å². The van der Waals surface area contributed by atoms with Crippen molar-refractivity contribution in [3.8, 4) is 0 Å². The number of amides is 1. The quantitative estimate of drug-likeness (QED) is 0.596. The Morgan fingerprint density at radius 1 is 1.22 bits per heavy atom. The first kappa shape index (κ1) is 19.3. The van der Waals surface area contributed by atoms with Gasteiger partial charge in [-0.15, -0.1) is 0 Å². The zero-order chi connectivity index (χ0) is 19.4. The number of nitrogens with one attached hydrogen (secondary N) is 1. The first-order valence-corrected chi connectivity index (χ1v) is 9.46. The van der Waals surface area contributed by atoms with E-state index in [1.165, 1.54) is 6.07 Å². The summed E-state index contributed by atoms with van der Waals surface area (Å²) in [7, 11) is 0. The molecule has 1 N–H and O–H groups in total. The maximum Gasteiger partial charge on any atom is 0.221 e. The lowest BCUT2D eigenvalue weighted by atomic mass is 9.97. The molecule has 140 valence electrons. The van der Waals surface area contributed by atoms with Crippen molar-refractivity contribution in [2.24, 2.45) is 0 Å². The summed E-state index contributed by atoms with van der Waals surface area (Å²) in [4.78, 5) is 12.6. The molecule has 0 saturated carbocycles. The van der Waals surface area contributed by atoms with Gasteiger partial charge in [-0.1, -0.05) is 57.5 Å². The summed E-state index contributed by atoms with van der Waals surface area (Å²) < 4.78 is 20.3. The number of rotatable bonds is 6.